The minimum Gasteiger partial charge on any atom is -0.349 e. The fraction of sp³-hybridized carbons (Fsp3) is 0.429. The number of benzene rings is 1. The van der Waals surface area contributed by atoms with Crippen LogP contribution in [0.5, 0.6) is 0 Å². The Hall–Kier alpha value is -2.96. The van der Waals surface area contributed by atoms with E-state index in [0.29, 0.717) is 11.5 Å². The standard InChI is InChI=1S/C21H26N4O3/c1-13-8-9-18(14(2)10-13)24-19(26)12-25-15(3)22-11-17(21(25)28)20(27)23-16-6-4-5-7-16/h8-11,16H,4-7,12H2,1-3H3,(H,23,27)(H,24,26). The van der Waals surface area contributed by atoms with Crippen LogP contribution in [0.4, 0.5) is 5.69 Å². The molecule has 2 N–H and O–H groups in total. The van der Waals surface area contributed by atoms with Gasteiger partial charge in [-0.2, -0.15) is 0 Å². The van der Waals surface area contributed by atoms with E-state index < -0.39 is 11.5 Å². The summed E-state index contributed by atoms with van der Waals surface area (Å²) < 4.78 is 1.24. The van der Waals surface area contributed by atoms with Gasteiger partial charge in [-0.15, -0.1) is 0 Å². The predicted octanol–water partition coefficient (Wildman–Crippen LogP) is 2.48. The topological polar surface area (TPSA) is 93.1 Å². The van der Waals surface area contributed by atoms with E-state index in [2.05, 4.69) is 15.6 Å². The SMILES string of the molecule is Cc1ccc(NC(=O)Cn2c(C)ncc(C(=O)NC3CCCC3)c2=O)c(C)c1. The molecule has 0 radical (unpaired) electrons. The van der Waals surface area contributed by atoms with Crippen LogP contribution < -0.4 is 16.2 Å². The van der Waals surface area contributed by atoms with E-state index in [1.807, 2.05) is 32.0 Å². The molecular weight excluding hydrogens is 356 g/mol. The van der Waals surface area contributed by atoms with Gasteiger partial charge in [0.15, 0.2) is 0 Å². The first kappa shape index (κ1) is 19.8. The zero-order chi connectivity index (χ0) is 20.3. The maximum atomic E-state index is 12.8. The number of anilines is 1. The van der Waals surface area contributed by atoms with E-state index in [0.717, 1.165) is 36.8 Å². The number of nitrogens with one attached hydrogen (secondary N) is 2. The van der Waals surface area contributed by atoms with Crippen molar-refractivity contribution >= 4 is 17.5 Å². The maximum Gasteiger partial charge on any atom is 0.266 e. The van der Waals surface area contributed by atoms with Crippen LogP contribution in [0.1, 0.15) is 53.0 Å². The fourth-order valence-electron chi connectivity index (χ4n) is 3.54. The molecular formula is C21H26N4O3. The Labute approximate surface area is 164 Å². The van der Waals surface area contributed by atoms with Gasteiger partial charge in [0.1, 0.15) is 17.9 Å². The molecule has 0 unspecified atom stereocenters. The van der Waals surface area contributed by atoms with Crippen molar-refractivity contribution in [2.75, 3.05) is 5.32 Å². The predicted molar refractivity (Wildman–Crippen MR) is 108 cm³/mol. The molecule has 1 heterocycles. The lowest BCUT2D eigenvalue weighted by Crippen LogP contribution is -2.39. The van der Waals surface area contributed by atoms with E-state index in [1.165, 1.54) is 10.8 Å². The maximum absolute atomic E-state index is 12.8. The Morgan fingerprint density at radius 3 is 2.57 bits per heavy atom. The Balaban J connectivity index is 1.76. The highest BCUT2D eigenvalue weighted by molar-refractivity contribution is 5.94. The summed E-state index contributed by atoms with van der Waals surface area (Å²) in [6.45, 7) is 5.34. The second-order valence-electron chi connectivity index (χ2n) is 7.43. The van der Waals surface area contributed by atoms with Crippen molar-refractivity contribution in [1.82, 2.24) is 14.9 Å². The number of rotatable bonds is 5. The molecule has 1 aromatic heterocycles. The van der Waals surface area contributed by atoms with Gasteiger partial charge >= 0.3 is 0 Å². The summed E-state index contributed by atoms with van der Waals surface area (Å²) in [5.74, 6) is -0.376. The molecule has 1 aliphatic rings. The smallest absolute Gasteiger partial charge is 0.266 e. The van der Waals surface area contributed by atoms with Crippen molar-refractivity contribution in [1.29, 1.82) is 0 Å². The van der Waals surface area contributed by atoms with Crippen LogP contribution in [-0.4, -0.2) is 27.4 Å². The van der Waals surface area contributed by atoms with Gasteiger partial charge in [0.25, 0.3) is 11.5 Å². The third-order valence-corrected chi connectivity index (χ3v) is 5.14. The van der Waals surface area contributed by atoms with Crippen molar-refractivity contribution in [3.05, 3.63) is 57.3 Å². The van der Waals surface area contributed by atoms with Gasteiger partial charge in [-0.1, -0.05) is 30.5 Å². The summed E-state index contributed by atoms with van der Waals surface area (Å²) in [6, 6.07) is 5.83. The zero-order valence-corrected chi connectivity index (χ0v) is 16.5. The van der Waals surface area contributed by atoms with Crippen LogP contribution in [0.2, 0.25) is 0 Å². The summed E-state index contributed by atoms with van der Waals surface area (Å²) in [6.07, 6.45) is 5.31. The highest BCUT2D eigenvalue weighted by Gasteiger charge is 2.21. The molecule has 7 heteroatoms. The second-order valence-corrected chi connectivity index (χ2v) is 7.43. The average molecular weight is 382 g/mol. The molecule has 148 valence electrons. The fourth-order valence-corrected chi connectivity index (χ4v) is 3.54. The van der Waals surface area contributed by atoms with E-state index in [-0.39, 0.29) is 24.1 Å². The number of aryl methyl sites for hydroxylation is 3. The Morgan fingerprint density at radius 1 is 1.18 bits per heavy atom. The van der Waals surface area contributed by atoms with Gasteiger partial charge in [0, 0.05) is 17.9 Å². The number of hydrogen-bond acceptors (Lipinski definition) is 4. The summed E-state index contributed by atoms with van der Waals surface area (Å²) in [5.41, 5.74) is 2.22. The molecule has 0 spiro atoms. The minimum absolute atomic E-state index is 0.0307. The molecule has 0 aliphatic heterocycles. The van der Waals surface area contributed by atoms with Gasteiger partial charge in [-0.05, 0) is 45.2 Å². The molecule has 0 bridgehead atoms. The van der Waals surface area contributed by atoms with E-state index in [1.54, 1.807) is 6.92 Å². The first-order valence-corrected chi connectivity index (χ1v) is 9.59. The van der Waals surface area contributed by atoms with Crippen LogP contribution in [0, 0.1) is 20.8 Å². The van der Waals surface area contributed by atoms with E-state index in [4.69, 9.17) is 0 Å². The molecule has 2 amide bonds. The van der Waals surface area contributed by atoms with Crippen molar-refractivity contribution in [3.63, 3.8) is 0 Å². The lowest BCUT2D eigenvalue weighted by atomic mass is 10.1. The summed E-state index contributed by atoms with van der Waals surface area (Å²) >= 11 is 0. The molecule has 28 heavy (non-hydrogen) atoms. The van der Waals surface area contributed by atoms with Crippen LogP contribution in [0.15, 0.2) is 29.2 Å². The third-order valence-electron chi connectivity index (χ3n) is 5.14. The number of aromatic nitrogens is 2. The largest absolute Gasteiger partial charge is 0.349 e. The van der Waals surface area contributed by atoms with Gasteiger partial charge in [0.2, 0.25) is 5.91 Å². The summed E-state index contributed by atoms with van der Waals surface area (Å²) in [7, 11) is 0. The normalized spacial score (nSPS) is 14.1. The number of amides is 2. The number of nitrogens with zero attached hydrogens (tertiary/aromatic N) is 2. The molecule has 0 saturated heterocycles. The molecule has 3 rings (SSSR count). The Kier molecular flexibility index (Phi) is 5.92. The van der Waals surface area contributed by atoms with Crippen LogP contribution in [0.25, 0.3) is 0 Å². The first-order chi connectivity index (χ1) is 13.3. The molecule has 1 saturated carbocycles. The van der Waals surface area contributed by atoms with Crippen molar-refractivity contribution in [2.45, 2.75) is 59.0 Å². The van der Waals surface area contributed by atoms with Gasteiger partial charge < -0.3 is 10.6 Å². The monoisotopic (exact) mass is 382 g/mol. The second kappa shape index (κ2) is 8.37. The van der Waals surface area contributed by atoms with Crippen LogP contribution in [-0.2, 0) is 11.3 Å². The Morgan fingerprint density at radius 2 is 1.89 bits per heavy atom. The quantitative estimate of drug-likeness (QED) is 0.831. The highest BCUT2D eigenvalue weighted by atomic mass is 16.2. The molecule has 1 fully saturated rings. The highest BCUT2D eigenvalue weighted by Crippen LogP contribution is 2.18. The van der Waals surface area contributed by atoms with Crippen LogP contribution >= 0.6 is 0 Å². The molecule has 2 aromatic rings. The molecule has 0 atom stereocenters. The molecule has 1 aliphatic carbocycles. The summed E-state index contributed by atoms with van der Waals surface area (Å²) in [5, 5.41) is 5.72. The third kappa shape index (κ3) is 4.47. The first-order valence-electron chi connectivity index (χ1n) is 9.59. The molecule has 7 nitrogen and oxygen atoms in total. The lowest BCUT2D eigenvalue weighted by molar-refractivity contribution is -0.116. The zero-order valence-electron chi connectivity index (χ0n) is 16.5. The van der Waals surface area contributed by atoms with Gasteiger partial charge in [0.05, 0.1) is 0 Å². The van der Waals surface area contributed by atoms with E-state index in [9.17, 15) is 14.4 Å². The van der Waals surface area contributed by atoms with Crippen molar-refractivity contribution in [2.24, 2.45) is 0 Å². The minimum atomic E-state index is -0.501. The van der Waals surface area contributed by atoms with Crippen LogP contribution in [0.3, 0.4) is 0 Å². The van der Waals surface area contributed by atoms with Gasteiger partial charge in [-0.25, -0.2) is 4.98 Å². The Bertz CT molecular complexity index is 959. The summed E-state index contributed by atoms with van der Waals surface area (Å²) in [4.78, 5) is 41.9. The number of carbonyl (C=O) groups excluding carboxylic acids is 2. The molecule has 1 aromatic carbocycles. The van der Waals surface area contributed by atoms with Crippen molar-refractivity contribution in [3.8, 4) is 0 Å². The number of carbonyl (C=O) groups is 2. The van der Waals surface area contributed by atoms with Gasteiger partial charge in [-0.3, -0.25) is 19.0 Å². The lowest BCUT2D eigenvalue weighted by Gasteiger charge is -2.14. The van der Waals surface area contributed by atoms with E-state index >= 15 is 0 Å². The number of hydrogen-bond donors (Lipinski definition) is 2. The average Bonchev–Trinajstić information content (AvgIpc) is 3.14. The van der Waals surface area contributed by atoms with Crippen molar-refractivity contribution < 1.29 is 9.59 Å².